The van der Waals surface area contributed by atoms with E-state index < -0.39 is 0 Å². The third-order valence-electron chi connectivity index (χ3n) is 1.73. The van der Waals surface area contributed by atoms with Gasteiger partial charge in [-0.15, -0.1) is 0 Å². The third-order valence-corrected chi connectivity index (χ3v) is 1.73. The van der Waals surface area contributed by atoms with Gasteiger partial charge in [-0.05, 0) is 31.5 Å². The van der Waals surface area contributed by atoms with Crippen LogP contribution in [-0.2, 0) is 0 Å². The summed E-state index contributed by atoms with van der Waals surface area (Å²) in [5, 5.41) is 8.71. The molecule has 14 heavy (non-hydrogen) atoms. The zero-order chi connectivity index (χ0) is 10.2. The van der Waals surface area contributed by atoms with Crippen LogP contribution < -0.4 is 16.0 Å². The highest BCUT2D eigenvalue weighted by Crippen LogP contribution is 2.19. The van der Waals surface area contributed by atoms with Crippen molar-refractivity contribution < 1.29 is 9.94 Å². The fraction of sp³-hybridized carbons (Fsp3) is 0.444. The molecule has 0 radical (unpaired) electrons. The molecule has 0 saturated heterocycles. The SMILES string of the molecule is NCCCCOc1cccnc1NO. The molecule has 0 spiro atoms. The first kappa shape index (κ1) is 10.7. The van der Waals surface area contributed by atoms with Crippen LogP contribution in [0.3, 0.4) is 0 Å². The summed E-state index contributed by atoms with van der Waals surface area (Å²) in [6.45, 7) is 1.25. The molecule has 0 fully saturated rings. The minimum absolute atomic E-state index is 0.334. The average molecular weight is 197 g/mol. The van der Waals surface area contributed by atoms with Gasteiger partial charge < -0.3 is 10.5 Å². The van der Waals surface area contributed by atoms with Crippen LogP contribution in [-0.4, -0.2) is 23.3 Å². The Balaban J connectivity index is 2.41. The maximum absolute atomic E-state index is 8.71. The lowest BCUT2D eigenvalue weighted by atomic mass is 10.3. The van der Waals surface area contributed by atoms with E-state index in [1.807, 2.05) is 5.48 Å². The maximum Gasteiger partial charge on any atom is 0.192 e. The first-order chi connectivity index (χ1) is 6.88. The van der Waals surface area contributed by atoms with E-state index in [0.717, 1.165) is 12.8 Å². The predicted molar refractivity (Wildman–Crippen MR) is 53.4 cm³/mol. The minimum atomic E-state index is 0.334. The second kappa shape index (κ2) is 6.17. The van der Waals surface area contributed by atoms with Crippen molar-refractivity contribution in [1.29, 1.82) is 0 Å². The second-order valence-electron chi connectivity index (χ2n) is 2.81. The van der Waals surface area contributed by atoms with E-state index >= 15 is 0 Å². The largest absolute Gasteiger partial charge is 0.490 e. The molecule has 0 saturated carbocycles. The van der Waals surface area contributed by atoms with Gasteiger partial charge in [0, 0.05) is 6.20 Å². The number of nitrogens with zero attached hydrogens (tertiary/aromatic N) is 1. The Kier molecular flexibility index (Phi) is 4.74. The molecular formula is C9H15N3O2. The zero-order valence-corrected chi connectivity index (χ0v) is 7.94. The topological polar surface area (TPSA) is 80.4 Å². The third kappa shape index (κ3) is 3.20. The summed E-state index contributed by atoms with van der Waals surface area (Å²) in [6, 6.07) is 3.49. The van der Waals surface area contributed by atoms with Crippen LogP contribution in [0.5, 0.6) is 5.75 Å². The monoisotopic (exact) mass is 197 g/mol. The summed E-state index contributed by atoms with van der Waals surface area (Å²) in [7, 11) is 0. The van der Waals surface area contributed by atoms with E-state index in [-0.39, 0.29) is 0 Å². The van der Waals surface area contributed by atoms with Crippen molar-refractivity contribution in [3.8, 4) is 5.75 Å². The van der Waals surface area contributed by atoms with E-state index in [0.29, 0.717) is 24.7 Å². The molecule has 0 bridgehead atoms. The van der Waals surface area contributed by atoms with Gasteiger partial charge in [-0.25, -0.2) is 10.5 Å². The van der Waals surface area contributed by atoms with E-state index in [1.165, 1.54) is 0 Å². The van der Waals surface area contributed by atoms with Crippen LogP contribution in [0.4, 0.5) is 5.82 Å². The summed E-state index contributed by atoms with van der Waals surface area (Å²) < 4.78 is 5.39. The predicted octanol–water partition coefficient (Wildman–Crippen LogP) is 1.00. The number of unbranched alkanes of at least 4 members (excludes halogenated alkanes) is 1. The number of hydrogen-bond donors (Lipinski definition) is 3. The molecule has 0 aromatic carbocycles. The number of pyridine rings is 1. The average Bonchev–Trinajstić information content (AvgIpc) is 2.25. The Morgan fingerprint density at radius 3 is 3.07 bits per heavy atom. The van der Waals surface area contributed by atoms with Crippen molar-refractivity contribution in [2.45, 2.75) is 12.8 Å². The molecule has 1 rings (SSSR count). The van der Waals surface area contributed by atoms with Crippen LogP contribution in [0.25, 0.3) is 0 Å². The van der Waals surface area contributed by atoms with Gasteiger partial charge in [-0.2, -0.15) is 0 Å². The molecule has 1 aromatic rings. The van der Waals surface area contributed by atoms with Gasteiger partial charge in [-0.3, -0.25) is 5.21 Å². The van der Waals surface area contributed by atoms with Crippen LogP contribution in [0.1, 0.15) is 12.8 Å². The van der Waals surface area contributed by atoms with E-state index in [2.05, 4.69) is 4.98 Å². The zero-order valence-electron chi connectivity index (χ0n) is 7.94. The molecule has 0 aliphatic rings. The van der Waals surface area contributed by atoms with Crippen LogP contribution in [0.2, 0.25) is 0 Å². The summed E-state index contributed by atoms with van der Waals surface area (Å²) in [5.41, 5.74) is 7.32. The van der Waals surface area contributed by atoms with Crippen molar-refractivity contribution in [2.75, 3.05) is 18.6 Å². The highest BCUT2D eigenvalue weighted by atomic mass is 16.5. The van der Waals surface area contributed by atoms with Crippen molar-refractivity contribution in [3.63, 3.8) is 0 Å². The number of anilines is 1. The van der Waals surface area contributed by atoms with Crippen LogP contribution in [0.15, 0.2) is 18.3 Å². The Bertz CT molecular complexity index is 268. The summed E-state index contributed by atoms with van der Waals surface area (Å²) in [6.07, 6.45) is 3.41. The molecule has 0 atom stereocenters. The molecule has 0 amide bonds. The number of ether oxygens (including phenoxy) is 1. The minimum Gasteiger partial charge on any atom is -0.490 e. The summed E-state index contributed by atoms with van der Waals surface area (Å²) in [5.74, 6) is 0.882. The molecule has 5 heteroatoms. The number of rotatable bonds is 6. The Hall–Kier alpha value is -1.33. The number of aromatic nitrogens is 1. The lowest BCUT2D eigenvalue weighted by Gasteiger charge is -2.08. The van der Waals surface area contributed by atoms with Crippen molar-refractivity contribution in [2.24, 2.45) is 5.73 Å². The lowest BCUT2D eigenvalue weighted by Crippen LogP contribution is -2.05. The van der Waals surface area contributed by atoms with Gasteiger partial charge in [-0.1, -0.05) is 0 Å². The van der Waals surface area contributed by atoms with Gasteiger partial charge >= 0.3 is 0 Å². The van der Waals surface area contributed by atoms with Crippen molar-refractivity contribution in [1.82, 2.24) is 4.98 Å². The second-order valence-corrected chi connectivity index (χ2v) is 2.81. The number of hydrogen-bond acceptors (Lipinski definition) is 5. The van der Waals surface area contributed by atoms with Crippen LogP contribution in [0, 0.1) is 0 Å². The normalized spacial score (nSPS) is 9.86. The highest BCUT2D eigenvalue weighted by Gasteiger charge is 2.01. The van der Waals surface area contributed by atoms with Gasteiger partial charge in [0.1, 0.15) is 0 Å². The van der Waals surface area contributed by atoms with Crippen molar-refractivity contribution in [3.05, 3.63) is 18.3 Å². The molecule has 5 nitrogen and oxygen atoms in total. The fourth-order valence-electron chi connectivity index (χ4n) is 1.02. The molecular weight excluding hydrogens is 182 g/mol. The Morgan fingerprint density at radius 1 is 1.50 bits per heavy atom. The molecule has 0 aliphatic heterocycles. The molecule has 4 N–H and O–H groups in total. The summed E-state index contributed by atoms with van der Waals surface area (Å²) in [4.78, 5) is 3.89. The Morgan fingerprint density at radius 2 is 2.36 bits per heavy atom. The number of nitrogens with one attached hydrogen (secondary N) is 1. The van der Waals surface area contributed by atoms with Gasteiger partial charge in [0.25, 0.3) is 0 Å². The molecule has 1 aromatic heterocycles. The van der Waals surface area contributed by atoms with Gasteiger partial charge in [0.15, 0.2) is 11.6 Å². The first-order valence-corrected chi connectivity index (χ1v) is 4.56. The molecule has 78 valence electrons. The van der Waals surface area contributed by atoms with Crippen LogP contribution >= 0.6 is 0 Å². The van der Waals surface area contributed by atoms with Crippen molar-refractivity contribution >= 4 is 5.82 Å². The first-order valence-electron chi connectivity index (χ1n) is 4.56. The van der Waals surface area contributed by atoms with Gasteiger partial charge in [0.05, 0.1) is 6.61 Å². The fourth-order valence-corrected chi connectivity index (χ4v) is 1.02. The molecule has 0 unspecified atom stereocenters. The summed E-state index contributed by atoms with van der Waals surface area (Å²) >= 11 is 0. The van der Waals surface area contributed by atoms with Gasteiger partial charge in [0.2, 0.25) is 0 Å². The van der Waals surface area contributed by atoms with E-state index in [4.69, 9.17) is 15.7 Å². The standard InChI is InChI=1S/C9H15N3O2/c10-5-1-2-7-14-8-4-3-6-11-9(8)12-13/h3-4,6,13H,1-2,5,7,10H2,(H,11,12). The highest BCUT2D eigenvalue weighted by molar-refractivity contribution is 5.47. The molecule has 0 aliphatic carbocycles. The quantitative estimate of drug-likeness (QED) is 0.468. The lowest BCUT2D eigenvalue weighted by molar-refractivity contribution is 0.302. The Labute approximate surface area is 82.9 Å². The molecule has 1 heterocycles. The maximum atomic E-state index is 8.71. The van der Waals surface area contributed by atoms with E-state index in [1.54, 1.807) is 18.3 Å². The van der Waals surface area contributed by atoms with E-state index in [9.17, 15) is 0 Å². The number of nitrogens with two attached hydrogens (primary N) is 1. The smallest absolute Gasteiger partial charge is 0.192 e.